The van der Waals surface area contributed by atoms with Crippen molar-refractivity contribution >= 4 is 15.9 Å². The highest BCUT2D eigenvalue weighted by molar-refractivity contribution is 9.10. The van der Waals surface area contributed by atoms with Gasteiger partial charge in [-0.1, -0.05) is 24.3 Å². The zero-order valence-electron chi connectivity index (χ0n) is 9.41. The Morgan fingerprint density at radius 1 is 1.05 bits per heavy atom. The maximum Gasteiger partial charge on any atom is 0.573 e. The van der Waals surface area contributed by atoms with Gasteiger partial charge in [-0.3, -0.25) is 0 Å². The minimum atomic E-state index is -4.76. The molecule has 2 nitrogen and oxygen atoms in total. The van der Waals surface area contributed by atoms with Gasteiger partial charge in [-0.2, -0.15) is 0 Å². The molecule has 0 fully saturated rings. The number of para-hydroxylation sites is 1. The Bertz CT molecular complexity index is 597. The predicted molar refractivity (Wildman–Crippen MR) is 67.9 cm³/mol. The second-order valence-corrected chi connectivity index (χ2v) is 4.56. The fourth-order valence-electron chi connectivity index (χ4n) is 1.60. The molecule has 0 saturated heterocycles. The van der Waals surface area contributed by atoms with Crippen molar-refractivity contribution in [2.75, 3.05) is 0 Å². The van der Waals surface area contributed by atoms with Crippen LogP contribution in [0.3, 0.4) is 0 Å². The highest BCUT2D eigenvalue weighted by Crippen LogP contribution is 2.36. The fraction of sp³-hybridized carbons (Fsp3) is 0.0769. The van der Waals surface area contributed by atoms with E-state index in [9.17, 15) is 18.3 Å². The summed E-state index contributed by atoms with van der Waals surface area (Å²) in [6.07, 6.45) is -4.76. The lowest BCUT2D eigenvalue weighted by atomic mass is 10.0. The second-order valence-electron chi connectivity index (χ2n) is 3.71. The van der Waals surface area contributed by atoms with Crippen LogP contribution in [0.15, 0.2) is 46.9 Å². The Labute approximate surface area is 115 Å². The first-order chi connectivity index (χ1) is 8.87. The molecule has 0 saturated carbocycles. The van der Waals surface area contributed by atoms with E-state index in [-0.39, 0.29) is 17.1 Å². The van der Waals surface area contributed by atoms with Crippen LogP contribution in [0.25, 0.3) is 11.1 Å². The van der Waals surface area contributed by atoms with Crippen molar-refractivity contribution in [3.63, 3.8) is 0 Å². The largest absolute Gasteiger partial charge is 0.573 e. The van der Waals surface area contributed by atoms with E-state index in [4.69, 9.17) is 0 Å². The molecule has 1 N–H and O–H groups in total. The molecule has 6 heteroatoms. The van der Waals surface area contributed by atoms with Crippen LogP contribution in [0.2, 0.25) is 0 Å². The maximum atomic E-state index is 12.3. The molecule has 2 rings (SSSR count). The van der Waals surface area contributed by atoms with Gasteiger partial charge in [0.2, 0.25) is 0 Å². The summed E-state index contributed by atoms with van der Waals surface area (Å²) >= 11 is 3.11. The lowest BCUT2D eigenvalue weighted by Gasteiger charge is -2.13. The molecule has 0 aromatic heterocycles. The van der Waals surface area contributed by atoms with Crippen LogP contribution in [-0.2, 0) is 0 Å². The van der Waals surface area contributed by atoms with Gasteiger partial charge < -0.3 is 9.84 Å². The topological polar surface area (TPSA) is 29.5 Å². The summed E-state index contributed by atoms with van der Waals surface area (Å²) in [5.41, 5.74) is 0.683. The minimum absolute atomic E-state index is 0.0562. The Balaban J connectivity index is 2.47. The average Bonchev–Trinajstić information content (AvgIpc) is 2.31. The number of benzene rings is 2. The number of phenols is 1. The molecular weight excluding hydrogens is 325 g/mol. The minimum Gasteiger partial charge on any atom is -0.507 e. The third-order valence-corrected chi connectivity index (χ3v) is 3.04. The van der Waals surface area contributed by atoms with Crippen molar-refractivity contribution in [3.8, 4) is 22.6 Å². The number of alkyl halides is 3. The Morgan fingerprint density at radius 3 is 2.37 bits per heavy atom. The van der Waals surface area contributed by atoms with Gasteiger partial charge in [0, 0.05) is 5.56 Å². The van der Waals surface area contributed by atoms with E-state index < -0.39 is 6.36 Å². The van der Waals surface area contributed by atoms with Crippen LogP contribution < -0.4 is 4.74 Å². The first kappa shape index (κ1) is 13.7. The molecule has 0 heterocycles. The molecule has 0 aliphatic carbocycles. The number of hydrogen-bond acceptors (Lipinski definition) is 2. The molecule has 0 bridgehead atoms. The quantitative estimate of drug-likeness (QED) is 0.862. The van der Waals surface area contributed by atoms with E-state index in [0.717, 1.165) is 0 Å². The van der Waals surface area contributed by atoms with Crippen LogP contribution in [0.1, 0.15) is 0 Å². The van der Waals surface area contributed by atoms with Crippen LogP contribution >= 0.6 is 15.9 Å². The number of rotatable bonds is 2. The van der Waals surface area contributed by atoms with E-state index in [1.807, 2.05) is 0 Å². The third-order valence-electron chi connectivity index (χ3n) is 2.37. The Hall–Kier alpha value is -1.69. The number of halogens is 4. The normalized spacial score (nSPS) is 11.4. The van der Waals surface area contributed by atoms with Gasteiger partial charge in [0.1, 0.15) is 11.5 Å². The lowest BCUT2D eigenvalue weighted by Crippen LogP contribution is -2.17. The molecule has 0 aliphatic heterocycles. The van der Waals surface area contributed by atoms with Crippen LogP contribution in [0, 0.1) is 0 Å². The van der Waals surface area contributed by atoms with Crippen molar-refractivity contribution in [3.05, 3.63) is 46.9 Å². The smallest absolute Gasteiger partial charge is 0.507 e. The first-order valence-corrected chi connectivity index (χ1v) is 6.00. The summed E-state index contributed by atoms with van der Waals surface area (Å²) in [4.78, 5) is 0. The summed E-state index contributed by atoms with van der Waals surface area (Å²) in [7, 11) is 0. The monoisotopic (exact) mass is 332 g/mol. The summed E-state index contributed by atoms with van der Waals surface area (Å²) in [5, 5.41) is 9.57. The molecule has 2 aromatic carbocycles. The van der Waals surface area contributed by atoms with E-state index in [1.54, 1.807) is 18.2 Å². The van der Waals surface area contributed by atoms with Gasteiger partial charge in [-0.25, -0.2) is 0 Å². The van der Waals surface area contributed by atoms with Gasteiger partial charge in [-0.05, 0) is 39.7 Å². The van der Waals surface area contributed by atoms with Crippen molar-refractivity contribution < 1.29 is 23.0 Å². The molecule has 19 heavy (non-hydrogen) atoms. The maximum absolute atomic E-state index is 12.3. The highest BCUT2D eigenvalue weighted by Gasteiger charge is 2.32. The fourth-order valence-corrected chi connectivity index (χ4v) is 1.85. The molecule has 100 valence electrons. The SMILES string of the molecule is Oc1cc(-c2ccccc2OC(F)(F)F)ccc1Br. The zero-order chi connectivity index (χ0) is 14.0. The molecule has 0 atom stereocenters. The van der Waals surface area contributed by atoms with Gasteiger partial charge in [0.05, 0.1) is 4.47 Å². The van der Waals surface area contributed by atoms with E-state index in [0.29, 0.717) is 10.0 Å². The Morgan fingerprint density at radius 2 is 1.74 bits per heavy atom. The Kier molecular flexibility index (Phi) is 3.71. The highest BCUT2D eigenvalue weighted by atomic mass is 79.9. The molecule has 0 unspecified atom stereocenters. The standard InChI is InChI=1S/C13H8BrF3O2/c14-10-6-5-8(7-11(10)18)9-3-1-2-4-12(9)19-13(15,16)17/h1-7,18H. The van der Waals surface area contributed by atoms with Crippen molar-refractivity contribution in [2.45, 2.75) is 6.36 Å². The number of aromatic hydroxyl groups is 1. The molecule has 0 aliphatic rings. The summed E-state index contributed by atoms with van der Waals surface area (Å²) in [6.45, 7) is 0. The number of hydrogen-bond donors (Lipinski definition) is 1. The van der Waals surface area contributed by atoms with Crippen molar-refractivity contribution in [1.82, 2.24) is 0 Å². The predicted octanol–water partition coefficient (Wildman–Crippen LogP) is 4.72. The van der Waals surface area contributed by atoms with E-state index in [1.165, 1.54) is 24.3 Å². The molecule has 2 aromatic rings. The van der Waals surface area contributed by atoms with E-state index >= 15 is 0 Å². The van der Waals surface area contributed by atoms with E-state index in [2.05, 4.69) is 20.7 Å². The zero-order valence-corrected chi connectivity index (χ0v) is 11.0. The van der Waals surface area contributed by atoms with Crippen LogP contribution in [0.4, 0.5) is 13.2 Å². The van der Waals surface area contributed by atoms with Gasteiger partial charge in [-0.15, -0.1) is 13.2 Å². The van der Waals surface area contributed by atoms with Crippen LogP contribution in [-0.4, -0.2) is 11.5 Å². The lowest BCUT2D eigenvalue weighted by molar-refractivity contribution is -0.274. The molecule has 0 amide bonds. The summed E-state index contributed by atoms with van der Waals surface area (Å²) in [6, 6.07) is 10.3. The molecular formula is C13H8BrF3O2. The van der Waals surface area contributed by atoms with Gasteiger partial charge in [0.25, 0.3) is 0 Å². The average molecular weight is 333 g/mol. The van der Waals surface area contributed by atoms with Crippen LogP contribution in [0.5, 0.6) is 11.5 Å². The van der Waals surface area contributed by atoms with Crippen molar-refractivity contribution in [1.29, 1.82) is 0 Å². The van der Waals surface area contributed by atoms with Crippen molar-refractivity contribution in [2.24, 2.45) is 0 Å². The summed E-state index contributed by atoms with van der Waals surface area (Å²) in [5.74, 6) is -0.365. The molecule has 0 spiro atoms. The first-order valence-electron chi connectivity index (χ1n) is 5.20. The summed E-state index contributed by atoms with van der Waals surface area (Å²) < 4.78 is 41.3. The number of phenolic OH excluding ortho intramolecular Hbond substituents is 1. The third kappa shape index (κ3) is 3.41. The number of ether oxygens (including phenoxy) is 1. The van der Waals surface area contributed by atoms with Gasteiger partial charge in [0.15, 0.2) is 0 Å². The van der Waals surface area contributed by atoms with Gasteiger partial charge >= 0.3 is 6.36 Å². The molecule has 0 radical (unpaired) electrons. The second kappa shape index (κ2) is 5.13.